The highest BCUT2D eigenvalue weighted by Crippen LogP contribution is 2.32. The number of nitrogens with one attached hydrogen (secondary N) is 1. The lowest BCUT2D eigenvalue weighted by atomic mass is 10.3. The number of thioether (sulfide) groups is 1. The van der Waals surface area contributed by atoms with E-state index < -0.39 is 6.10 Å². The van der Waals surface area contributed by atoms with E-state index in [0.29, 0.717) is 22.3 Å². The molecular formula is C14H21Cl2NO2S. The van der Waals surface area contributed by atoms with Crippen LogP contribution in [0.5, 0.6) is 5.75 Å². The van der Waals surface area contributed by atoms with Gasteiger partial charge in [-0.3, -0.25) is 0 Å². The molecule has 0 aliphatic rings. The van der Waals surface area contributed by atoms with Gasteiger partial charge in [-0.25, -0.2) is 0 Å². The van der Waals surface area contributed by atoms with Gasteiger partial charge in [0.2, 0.25) is 0 Å². The van der Waals surface area contributed by atoms with Gasteiger partial charge in [0.25, 0.3) is 0 Å². The predicted octanol–water partition coefficient (Wildman–Crippen LogP) is 3.47. The van der Waals surface area contributed by atoms with E-state index in [0.717, 1.165) is 13.0 Å². The summed E-state index contributed by atoms with van der Waals surface area (Å²) in [6.07, 6.45) is 3.83. The molecule has 1 atom stereocenters. The fourth-order valence-corrected chi connectivity index (χ4v) is 2.62. The van der Waals surface area contributed by atoms with Crippen LogP contribution in [0, 0.1) is 0 Å². The van der Waals surface area contributed by atoms with E-state index in [2.05, 4.69) is 11.6 Å². The lowest BCUT2D eigenvalue weighted by Crippen LogP contribution is -2.32. The maximum Gasteiger partial charge on any atom is 0.156 e. The molecule has 114 valence electrons. The first-order valence-electron chi connectivity index (χ1n) is 6.59. The van der Waals surface area contributed by atoms with Crippen LogP contribution in [0.3, 0.4) is 0 Å². The molecule has 0 amide bonds. The number of rotatable bonds is 10. The Bertz CT molecular complexity index is 373. The number of para-hydroxylation sites is 1. The van der Waals surface area contributed by atoms with Gasteiger partial charge in [-0.1, -0.05) is 29.3 Å². The SMILES string of the molecule is CSCCCCNCC(O)COc1c(Cl)cccc1Cl. The van der Waals surface area contributed by atoms with Crippen LogP contribution in [-0.2, 0) is 0 Å². The number of hydrogen-bond acceptors (Lipinski definition) is 4. The Balaban J connectivity index is 2.18. The predicted molar refractivity (Wildman–Crippen MR) is 88.4 cm³/mol. The molecule has 0 bridgehead atoms. The van der Waals surface area contributed by atoms with Crippen molar-refractivity contribution in [2.75, 3.05) is 31.7 Å². The van der Waals surface area contributed by atoms with Crippen molar-refractivity contribution >= 4 is 35.0 Å². The van der Waals surface area contributed by atoms with E-state index in [1.54, 1.807) is 18.2 Å². The van der Waals surface area contributed by atoms with Gasteiger partial charge in [0, 0.05) is 6.54 Å². The van der Waals surface area contributed by atoms with Gasteiger partial charge >= 0.3 is 0 Å². The van der Waals surface area contributed by atoms with Crippen molar-refractivity contribution < 1.29 is 9.84 Å². The second-order valence-electron chi connectivity index (χ2n) is 4.42. The number of aliphatic hydroxyl groups excluding tert-OH is 1. The largest absolute Gasteiger partial charge is 0.488 e. The van der Waals surface area contributed by atoms with Crippen molar-refractivity contribution in [2.24, 2.45) is 0 Å². The minimum atomic E-state index is -0.581. The Labute approximate surface area is 135 Å². The Morgan fingerprint density at radius 2 is 2.00 bits per heavy atom. The van der Waals surface area contributed by atoms with Crippen molar-refractivity contribution in [1.29, 1.82) is 0 Å². The van der Waals surface area contributed by atoms with Gasteiger partial charge in [0.05, 0.1) is 10.0 Å². The number of unbranched alkanes of at least 4 members (excludes halogenated alkanes) is 1. The van der Waals surface area contributed by atoms with Crippen LogP contribution < -0.4 is 10.1 Å². The summed E-state index contributed by atoms with van der Waals surface area (Å²) in [4.78, 5) is 0. The molecule has 0 heterocycles. The molecule has 0 spiro atoms. The van der Waals surface area contributed by atoms with E-state index in [9.17, 15) is 5.11 Å². The molecular weight excluding hydrogens is 317 g/mol. The summed E-state index contributed by atoms with van der Waals surface area (Å²) in [7, 11) is 0. The standard InChI is InChI=1S/C14H21Cl2NO2S/c1-20-8-3-2-7-17-9-11(18)10-19-14-12(15)5-4-6-13(14)16/h4-6,11,17-18H,2-3,7-10H2,1H3. The number of hydrogen-bond donors (Lipinski definition) is 2. The summed E-state index contributed by atoms with van der Waals surface area (Å²) < 4.78 is 5.47. The maximum atomic E-state index is 9.82. The first kappa shape index (κ1) is 17.9. The molecule has 3 nitrogen and oxygen atoms in total. The molecule has 20 heavy (non-hydrogen) atoms. The van der Waals surface area contributed by atoms with E-state index in [1.165, 1.54) is 12.2 Å². The Morgan fingerprint density at radius 3 is 2.65 bits per heavy atom. The highest BCUT2D eigenvalue weighted by molar-refractivity contribution is 7.98. The van der Waals surface area contributed by atoms with Crippen LogP contribution in [0.15, 0.2) is 18.2 Å². The highest BCUT2D eigenvalue weighted by Gasteiger charge is 2.10. The quantitative estimate of drug-likeness (QED) is 0.641. The molecule has 0 aromatic heterocycles. The lowest BCUT2D eigenvalue weighted by Gasteiger charge is -2.14. The van der Waals surface area contributed by atoms with E-state index in [-0.39, 0.29) is 6.61 Å². The molecule has 0 saturated heterocycles. The molecule has 0 radical (unpaired) electrons. The monoisotopic (exact) mass is 337 g/mol. The summed E-state index contributed by atoms with van der Waals surface area (Å²) in [5.41, 5.74) is 0. The zero-order valence-electron chi connectivity index (χ0n) is 11.6. The third-order valence-corrected chi connectivity index (χ3v) is 3.96. The van der Waals surface area contributed by atoms with E-state index >= 15 is 0 Å². The molecule has 1 unspecified atom stereocenters. The zero-order chi connectivity index (χ0) is 14.8. The van der Waals surface area contributed by atoms with Crippen molar-refractivity contribution in [2.45, 2.75) is 18.9 Å². The van der Waals surface area contributed by atoms with Gasteiger partial charge in [-0.15, -0.1) is 0 Å². The third-order valence-electron chi connectivity index (χ3n) is 2.67. The maximum absolute atomic E-state index is 9.82. The number of halogens is 2. The normalized spacial score (nSPS) is 12.4. The molecule has 2 N–H and O–H groups in total. The molecule has 0 saturated carbocycles. The molecule has 0 fully saturated rings. The minimum absolute atomic E-state index is 0.168. The first-order valence-corrected chi connectivity index (χ1v) is 8.74. The Hall–Kier alpha value is -0.130. The molecule has 6 heteroatoms. The van der Waals surface area contributed by atoms with E-state index in [4.69, 9.17) is 27.9 Å². The van der Waals surface area contributed by atoms with Gasteiger partial charge in [0.1, 0.15) is 12.7 Å². The van der Waals surface area contributed by atoms with Crippen LogP contribution in [0.1, 0.15) is 12.8 Å². The zero-order valence-corrected chi connectivity index (χ0v) is 13.9. The highest BCUT2D eigenvalue weighted by atomic mass is 35.5. The number of benzene rings is 1. The molecule has 0 aliphatic heterocycles. The fraction of sp³-hybridized carbons (Fsp3) is 0.571. The number of aliphatic hydroxyl groups is 1. The van der Waals surface area contributed by atoms with E-state index in [1.807, 2.05) is 11.8 Å². The Kier molecular flexibility index (Phi) is 9.48. The summed E-state index contributed by atoms with van der Waals surface area (Å²) in [5.74, 6) is 1.60. The lowest BCUT2D eigenvalue weighted by molar-refractivity contribution is 0.106. The van der Waals surface area contributed by atoms with Crippen LogP contribution in [-0.4, -0.2) is 42.9 Å². The second kappa shape index (κ2) is 10.6. The Morgan fingerprint density at radius 1 is 1.30 bits per heavy atom. The van der Waals surface area contributed by atoms with Gasteiger partial charge in [-0.05, 0) is 43.5 Å². The minimum Gasteiger partial charge on any atom is -0.488 e. The molecule has 1 aromatic carbocycles. The summed E-state index contributed by atoms with van der Waals surface area (Å²) in [6, 6.07) is 5.17. The first-order chi connectivity index (χ1) is 9.65. The molecule has 1 aromatic rings. The van der Waals surface area contributed by atoms with Crippen molar-refractivity contribution in [3.8, 4) is 5.75 Å². The molecule has 0 aliphatic carbocycles. The van der Waals surface area contributed by atoms with Crippen LogP contribution >= 0.6 is 35.0 Å². The average molecular weight is 338 g/mol. The topological polar surface area (TPSA) is 41.5 Å². The summed E-state index contributed by atoms with van der Waals surface area (Å²) in [6.45, 7) is 1.58. The van der Waals surface area contributed by atoms with Crippen molar-refractivity contribution in [1.82, 2.24) is 5.32 Å². The van der Waals surface area contributed by atoms with Gasteiger partial charge in [0.15, 0.2) is 5.75 Å². The summed E-state index contributed by atoms with van der Waals surface area (Å²) >= 11 is 13.8. The van der Waals surface area contributed by atoms with Gasteiger partial charge < -0.3 is 15.2 Å². The third kappa shape index (κ3) is 7.04. The van der Waals surface area contributed by atoms with Crippen molar-refractivity contribution in [3.63, 3.8) is 0 Å². The van der Waals surface area contributed by atoms with Gasteiger partial charge in [-0.2, -0.15) is 11.8 Å². The summed E-state index contributed by atoms with van der Waals surface area (Å²) in [5, 5.41) is 13.9. The average Bonchev–Trinajstić information content (AvgIpc) is 2.42. The van der Waals surface area contributed by atoms with Crippen LogP contribution in [0.2, 0.25) is 10.0 Å². The molecule has 1 rings (SSSR count). The smallest absolute Gasteiger partial charge is 0.156 e. The second-order valence-corrected chi connectivity index (χ2v) is 6.22. The van der Waals surface area contributed by atoms with Crippen molar-refractivity contribution in [3.05, 3.63) is 28.2 Å². The number of ether oxygens (including phenoxy) is 1. The van der Waals surface area contributed by atoms with Crippen LogP contribution in [0.4, 0.5) is 0 Å². The van der Waals surface area contributed by atoms with Crippen LogP contribution in [0.25, 0.3) is 0 Å². The fourth-order valence-electron chi connectivity index (χ4n) is 1.62.